The number of likely N-dealkylation sites (N-methyl/N-ethyl adjacent to an activating group) is 1. The Hall–Kier alpha value is -1.71. The highest BCUT2D eigenvalue weighted by Crippen LogP contribution is 2.23. The molecule has 4 heteroatoms. The van der Waals surface area contributed by atoms with Gasteiger partial charge >= 0.3 is 0 Å². The van der Waals surface area contributed by atoms with Crippen LogP contribution in [0.1, 0.15) is 43.7 Å². The third-order valence-corrected chi connectivity index (χ3v) is 2.73. The van der Waals surface area contributed by atoms with Crippen molar-refractivity contribution in [3.8, 4) is 0 Å². The van der Waals surface area contributed by atoms with Gasteiger partial charge in [-0.25, -0.2) is 4.39 Å². The third-order valence-electron chi connectivity index (χ3n) is 2.73. The van der Waals surface area contributed by atoms with E-state index in [1.807, 2.05) is 13.8 Å². The van der Waals surface area contributed by atoms with E-state index in [9.17, 15) is 14.0 Å². The highest BCUT2D eigenvalue weighted by atomic mass is 19.1. The fraction of sp³-hybridized carbons (Fsp3) is 0.467. The van der Waals surface area contributed by atoms with Crippen LogP contribution in [-0.2, 0) is 9.59 Å². The minimum atomic E-state index is -0.472. The van der Waals surface area contributed by atoms with Crippen molar-refractivity contribution in [2.75, 3.05) is 7.05 Å². The number of aryl methyl sites for hydroxylation is 1. The summed E-state index contributed by atoms with van der Waals surface area (Å²) >= 11 is 0. The predicted octanol–water partition coefficient (Wildman–Crippen LogP) is 2.97. The molecule has 1 unspecified atom stereocenters. The van der Waals surface area contributed by atoms with Crippen molar-refractivity contribution >= 4 is 12.2 Å². The van der Waals surface area contributed by atoms with Crippen molar-refractivity contribution < 1.29 is 14.0 Å². The number of carbonyl (C=O) groups excluding carboxylic acids is 2. The Morgan fingerprint density at radius 2 is 2.05 bits per heavy atom. The van der Waals surface area contributed by atoms with Crippen LogP contribution in [0.15, 0.2) is 18.2 Å². The highest BCUT2D eigenvalue weighted by Gasteiger charge is 2.19. The molecule has 1 atom stereocenters. The van der Waals surface area contributed by atoms with E-state index in [0.29, 0.717) is 17.5 Å². The van der Waals surface area contributed by atoms with Crippen molar-refractivity contribution in [3.63, 3.8) is 0 Å². The second-order valence-corrected chi connectivity index (χ2v) is 3.92. The molecule has 0 aliphatic rings. The van der Waals surface area contributed by atoms with Gasteiger partial charge in [-0.15, -0.1) is 0 Å². The molecule has 19 heavy (non-hydrogen) atoms. The van der Waals surface area contributed by atoms with Gasteiger partial charge in [0.1, 0.15) is 12.1 Å². The lowest BCUT2D eigenvalue weighted by Crippen LogP contribution is -2.26. The molecule has 0 aliphatic heterocycles. The van der Waals surface area contributed by atoms with Crippen molar-refractivity contribution in [3.05, 3.63) is 35.1 Å². The summed E-state index contributed by atoms with van der Waals surface area (Å²) < 4.78 is 13.4. The largest absolute Gasteiger partial charge is 0.359 e. The average molecular weight is 267 g/mol. The van der Waals surface area contributed by atoms with Gasteiger partial charge in [0.15, 0.2) is 0 Å². The van der Waals surface area contributed by atoms with E-state index < -0.39 is 5.92 Å². The number of carbonyl (C=O) groups is 2. The van der Waals surface area contributed by atoms with Crippen LogP contribution >= 0.6 is 0 Å². The highest BCUT2D eigenvalue weighted by molar-refractivity contribution is 5.83. The van der Waals surface area contributed by atoms with Crippen LogP contribution in [0.5, 0.6) is 0 Å². The van der Waals surface area contributed by atoms with Gasteiger partial charge in [-0.05, 0) is 30.5 Å². The third kappa shape index (κ3) is 5.20. The predicted molar refractivity (Wildman–Crippen MR) is 74.6 cm³/mol. The molecule has 1 rings (SSSR count). The second kappa shape index (κ2) is 9.25. The van der Waals surface area contributed by atoms with Crippen LogP contribution in [0.3, 0.4) is 0 Å². The smallest absolute Gasteiger partial charge is 0.227 e. The number of hydrogen-bond donors (Lipinski definition) is 1. The van der Waals surface area contributed by atoms with E-state index in [4.69, 9.17) is 0 Å². The molecule has 1 aromatic carbocycles. The zero-order chi connectivity index (χ0) is 14.8. The summed E-state index contributed by atoms with van der Waals surface area (Å²) in [5.41, 5.74) is 1.15. The monoisotopic (exact) mass is 267 g/mol. The maximum Gasteiger partial charge on any atom is 0.227 e. The van der Waals surface area contributed by atoms with Gasteiger partial charge in [0.2, 0.25) is 5.91 Å². The molecule has 106 valence electrons. The van der Waals surface area contributed by atoms with E-state index in [2.05, 4.69) is 5.32 Å². The van der Waals surface area contributed by atoms with Crippen molar-refractivity contribution in [2.24, 2.45) is 0 Å². The molecule has 0 heterocycles. The molecule has 0 aromatic heterocycles. The van der Waals surface area contributed by atoms with Crippen LogP contribution in [0.4, 0.5) is 4.39 Å². The lowest BCUT2D eigenvalue weighted by molar-refractivity contribution is -0.122. The van der Waals surface area contributed by atoms with Crippen LogP contribution in [-0.4, -0.2) is 19.2 Å². The minimum absolute atomic E-state index is 0.199. The number of amides is 1. The lowest BCUT2D eigenvalue weighted by atomic mass is 9.93. The molecule has 0 fully saturated rings. The molecule has 0 saturated heterocycles. The first-order valence-corrected chi connectivity index (χ1v) is 6.51. The number of nitrogens with one attached hydrogen (secondary N) is 1. The molecule has 0 aliphatic carbocycles. The summed E-state index contributed by atoms with van der Waals surface area (Å²) in [4.78, 5) is 22.0. The van der Waals surface area contributed by atoms with Crippen LogP contribution in [0.25, 0.3) is 0 Å². The molecule has 0 saturated carbocycles. The lowest BCUT2D eigenvalue weighted by Gasteiger charge is -2.15. The van der Waals surface area contributed by atoms with Gasteiger partial charge in [-0.3, -0.25) is 4.79 Å². The molecule has 1 aromatic rings. The number of aldehydes is 1. The molecule has 1 N–H and O–H groups in total. The summed E-state index contributed by atoms with van der Waals surface area (Å²) in [6.07, 6.45) is 1.44. The van der Waals surface area contributed by atoms with Gasteiger partial charge in [0.25, 0.3) is 0 Å². The number of hydrogen-bond acceptors (Lipinski definition) is 2. The van der Waals surface area contributed by atoms with Crippen molar-refractivity contribution in [1.29, 1.82) is 0 Å². The Morgan fingerprint density at radius 1 is 1.42 bits per heavy atom. The maximum absolute atomic E-state index is 13.4. The van der Waals surface area contributed by atoms with Gasteiger partial charge in [-0.2, -0.15) is 0 Å². The fourth-order valence-corrected chi connectivity index (χ4v) is 1.68. The fourth-order valence-electron chi connectivity index (χ4n) is 1.68. The molecule has 1 amide bonds. The Balaban J connectivity index is 0.00000154. The summed E-state index contributed by atoms with van der Waals surface area (Å²) in [5, 5.41) is 2.53. The Bertz CT molecular complexity index is 419. The summed E-state index contributed by atoms with van der Waals surface area (Å²) in [6.45, 7) is 5.67. The first-order valence-electron chi connectivity index (χ1n) is 6.51. The molecule has 0 radical (unpaired) electrons. The van der Waals surface area contributed by atoms with E-state index in [1.54, 1.807) is 19.1 Å². The SMILES string of the molecule is CC.CNC(=O)C(CCC=O)c1ccc(C)c(F)c1. The Kier molecular flexibility index (Phi) is 8.42. The first-order chi connectivity index (χ1) is 9.10. The Labute approximate surface area is 114 Å². The standard InChI is InChI=1S/C13H16FNO2.C2H6/c1-9-5-6-10(8-12(9)14)11(4-3-7-16)13(17)15-2;1-2/h5-8,11H,3-4H2,1-2H3,(H,15,17);1-2H3. The molecule has 3 nitrogen and oxygen atoms in total. The summed E-state index contributed by atoms with van der Waals surface area (Å²) in [7, 11) is 1.53. The number of benzene rings is 1. The van der Waals surface area contributed by atoms with Gasteiger partial charge in [-0.1, -0.05) is 26.0 Å². The summed E-state index contributed by atoms with van der Waals surface area (Å²) in [5.74, 6) is -1.00. The van der Waals surface area contributed by atoms with Gasteiger partial charge in [0, 0.05) is 13.5 Å². The van der Waals surface area contributed by atoms with Crippen molar-refractivity contribution in [2.45, 2.75) is 39.5 Å². The van der Waals surface area contributed by atoms with E-state index in [-0.39, 0.29) is 18.1 Å². The van der Waals surface area contributed by atoms with Gasteiger partial charge < -0.3 is 10.1 Å². The zero-order valence-electron chi connectivity index (χ0n) is 12.0. The van der Waals surface area contributed by atoms with E-state index in [0.717, 1.165) is 6.29 Å². The normalized spacial score (nSPS) is 11.0. The molecule has 0 bridgehead atoms. The number of halogens is 1. The average Bonchev–Trinajstić information content (AvgIpc) is 2.44. The Morgan fingerprint density at radius 3 is 2.53 bits per heavy atom. The van der Waals surface area contributed by atoms with Crippen molar-refractivity contribution in [1.82, 2.24) is 5.32 Å². The molecular weight excluding hydrogens is 245 g/mol. The number of rotatable bonds is 5. The molecule has 0 spiro atoms. The second-order valence-electron chi connectivity index (χ2n) is 3.92. The minimum Gasteiger partial charge on any atom is -0.359 e. The quantitative estimate of drug-likeness (QED) is 0.834. The summed E-state index contributed by atoms with van der Waals surface area (Å²) in [6, 6.07) is 4.73. The maximum atomic E-state index is 13.4. The molecular formula is C15H22FNO2. The van der Waals surface area contributed by atoms with Crippen LogP contribution < -0.4 is 5.32 Å². The van der Waals surface area contributed by atoms with Crippen LogP contribution in [0, 0.1) is 12.7 Å². The van der Waals surface area contributed by atoms with E-state index in [1.165, 1.54) is 13.1 Å². The first kappa shape index (κ1) is 17.3. The van der Waals surface area contributed by atoms with Gasteiger partial charge in [0.05, 0.1) is 5.92 Å². The van der Waals surface area contributed by atoms with E-state index >= 15 is 0 Å². The topological polar surface area (TPSA) is 46.2 Å². The zero-order valence-corrected chi connectivity index (χ0v) is 12.0. The van der Waals surface area contributed by atoms with Crippen LogP contribution in [0.2, 0.25) is 0 Å².